The first-order valence-electron chi connectivity index (χ1n) is 13.1. The van der Waals surface area contributed by atoms with Crippen molar-refractivity contribution in [1.29, 1.82) is 0 Å². The van der Waals surface area contributed by atoms with Crippen LogP contribution in [0.4, 0.5) is 0 Å². The molecule has 1 aromatic carbocycles. The lowest BCUT2D eigenvalue weighted by molar-refractivity contribution is 0.202. The predicted octanol–water partition coefficient (Wildman–Crippen LogP) is 4.44. The number of imidazole rings is 1. The number of piperidine rings is 1. The summed E-state index contributed by atoms with van der Waals surface area (Å²) in [5.41, 5.74) is 1.64. The SMILES string of the molecule is Cl.O=c1[nH]c2cc3cc(OCCCS(=O)(=O)C4CCN(CCC5CCCCC5)CC4)ccc3nc2[nH]1. The summed E-state index contributed by atoms with van der Waals surface area (Å²) in [6.45, 7) is 3.27. The van der Waals surface area contributed by atoms with Crippen molar-refractivity contribution in [2.75, 3.05) is 32.0 Å². The lowest BCUT2D eigenvalue weighted by Crippen LogP contribution is -2.41. The molecule has 2 fully saturated rings. The minimum atomic E-state index is -3.11. The van der Waals surface area contributed by atoms with Gasteiger partial charge >= 0.3 is 5.69 Å². The molecule has 8 nitrogen and oxygen atoms in total. The highest BCUT2D eigenvalue weighted by Crippen LogP contribution is 2.27. The summed E-state index contributed by atoms with van der Waals surface area (Å²) < 4.78 is 31.6. The monoisotopic (exact) mass is 536 g/mol. The van der Waals surface area contributed by atoms with Gasteiger partial charge in [0.25, 0.3) is 0 Å². The first-order chi connectivity index (χ1) is 17.0. The van der Waals surface area contributed by atoms with Crippen LogP contribution in [0.15, 0.2) is 29.1 Å². The summed E-state index contributed by atoms with van der Waals surface area (Å²) in [4.78, 5) is 23.8. The Morgan fingerprint density at radius 3 is 2.58 bits per heavy atom. The number of aromatic nitrogens is 3. The number of sulfone groups is 1. The van der Waals surface area contributed by atoms with Crippen LogP contribution >= 0.6 is 12.4 Å². The Bertz CT molecular complexity index is 1310. The zero-order chi connectivity index (χ0) is 24.3. The van der Waals surface area contributed by atoms with Crippen LogP contribution in [0.5, 0.6) is 5.75 Å². The summed E-state index contributed by atoms with van der Waals surface area (Å²) in [6.07, 6.45) is 10.2. The molecule has 0 radical (unpaired) electrons. The zero-order valence-corrected chi connectivity index (χ0v) is 22.3. The average molecular weight is 537 g/mol. The lowest BCUT2D eigenvalue weighted by Gasteiger charge is -2.33. The second kappa shape index (κ2) is 12.0. The fourth-order valence-corrected chi connectivity index (χ4v) is 7.43. The molecular formula is C26H37ClN4O4S. The molecule has 36 heavy (non-hydrogen) atoms. The van der Waals surface area contributed by atoms with E-state index in [0.717, 1.165) is 49.3 Å². The first-order valence-corrected chi connectivity index (χ1v) is 14.8. The number of H-pyrrole nitrogens is 2. The molecule has 5 rings (SSSR count). The molecule has 1 aliphatic carbocycles. The van der Waals surface area contributed by atoms with E-state index in [1.54, 1.807) is 0 Å². The highest BCUT2D eigenvalue weighted by molar-refractivity contribution is 7.92. The molecule has 0 bridgehead atoms. The van der Waals surface area contributed by atoms with Crippen LogP contribution in [-0.4, -0.2) is 65.5 Å². The number of likely N-dealkylation sites (tertiary alicyclic amines) is 1. The molecule has 0 amide bonds. The van der Waals surface area contributed by atoms with E-state index in [1.165, 1.54) is 38.5 Å². The van der Waals surface area contributed by atoms with Gasteiger partial charge < -0.3 is 14.6 Å². The molecular weight excluding hydrogens is 500 g/mol. The molecule has 2 N–H and O–H groups in total. The van der Waals surface area contributed by atoms with Gasteiger partial charge in [0.1, 0.15) is 5.75 Å². The van der Waals surface area contributed by atoms with Crippen LogP contribution < -0.4 is 10.4 Å². The zero-order valence-electron chi connectivity index (χ0n) is 20.7. The van der Waals surface area contributed by atoms with Crippen molar-refractivity contribution in [2.45, 2.75) is 63.0 Å². The van der Waals surface area contributed by atoms with E-state index in [2.05, 4.69) is 19.9 Å². The van der Waals surface area contributed by atoms with Crippen molar-refractivity contribution in [3.63, 3.8) is 0 Å². The van der Waals surface area contributed by atoms with Gasteiger partial charge in [-0.25, -0.2) is 18.2 Å². The van der Waals surface area contributed by atoms with Crippen molar-refractivity contribution in [1.82, 2.24) is 19.9 Å². The molecule has 10 heteroatoms. The van der Waals surface area contributed by atoms with Crippen LogP contribution in [0.1, 0.15) is 57.8 Å². The molecule has 1 saturated carbocycles. The average Bonchev–Trinajstić information content (AvgIpc) is 3.23. The second-order valence-electron chi connectivity index (χ2n) is 10.2. The van der Waals surface area contributed by atoms with E-state index in [9.17, 15) is 13.2 Å². The highest BCUT2D eigenvalue weighted by atomic mass is 35.5. The van der Waals surface area contributed by atoms with Gasteiger partial charge in [0, 0.05) is 5.39 Å². The Morgan fingerprint density at radius 2 is 1.81 bits per heavy atom. The number of pyridine rings is 1. The largest absolute Gasteiger partial charge is 0.494 e. The summed E-state index contributed by atoms with van der Waals surface area (Å²) in [5.74, 6) is 1.71. The van der Waals surface area contributed by atoms with E-state index in [-0.39, 0.29) is 29.1 Å². The molecule has 2 aromatic heterocycles. The number of hydrogen-bond acceptors (Lipinski definition) is 6. The van der Waals surface area contributed by atoms with Crippen LogP contribution in [-0.2, 0) is 9.84 Å². The van der Waals surface area contributed by atoms with E-state index >= 15 is 0 Å². The van der Waals surface area contributed by atoms with Crippen molar-refractivity contribution >= 4 is 44.3 Å². The number of ether oxygens (including phenoxy) is 1. The van der Waals surface area contributed by atoms with Gasteiger partial charge in [-0.3, -0.25) is 4.98 Å². The summed E-state index contributed by atoms with van der Waals surface area (Å²) in [6, 6.07) is 7.39. The van der Waals surface area contributed by atoms with Crippen LogP contribution in [0, 0.1) is 5.92 Å². The number of halogens is 1. The minimum Gasteiger partial charge on any atom is -0.494 e. The number of hydrogen-bond donors (Lipinski definition) is 2. The molecule has 1 aliphatic heterocycles. The van der Waals surface area contributed by atoms with E-state index < -0.39 is 9.84 Å². The standard InChI is InChI=1S/C26H36N4O4S.ClH/c31-26-28-24-18-20-17-21(7-8-23(20)27-25(24)29-26)34-15-4-16-35(32,33)22-10-13-30(14-11-22)12-9-19-5-2-1-3-6-19;/h7-8,17-19,22H,1-6,9-16H2,(H2,27,28,29,31);1H. The number of benzene rings is 1. The fraction of sp³-hybridized carbons (Fsp3) is 0.615. The predicted molar refractivity (Wildman–Crippen MR) is 146 cm³/mol. The molecule has 198 valence electrons. The van der Waals surface area contributed by atoms with E-state index in [0.29, 0.717) is 29.9 Å². The molecule has 0 spiro atoms. The smallest absolute Gasteiger partial charge is 0.325 e. The van der Waals surface area contributed by atoms with Gasteiger partial charge in [0.2, 0.25) is 0 Å². The number of nitrogens with zero attached hydrogens (tertiary/aromatic N) is 2. The maximum atomic E-state index is 12.9. The van der Waals surface area contributed by atoms with Crippen LogP contribution in [0.25, 0.3) is 22.1 Å². The van der Waals surface area contributed by atoms with Gasteiger partial charge in [-0.2, -0.15) is 0 Å². The number of rotatable bonds is 9. The van der Waals surface area contributed by atoms with Crippen molar-refractivity contribution in [3.8, 4) is 5.75 Å². The number of aromatic amines is 2. The summed E-state index contributed by atoms with van der Waals surface area (Å²) in [5, 5.41) is 0.638. The van der Waals surface area contributed by atoms with Crippen molar-refractivity contribution in [2.24, 2.45) is 5.92 Å². The molecule has 1 saturated heterocycles. The van der Waals surface area contributed by atoms with E-state index in [4.69, 9.17) is 4.74 Å². The maximum Gasteiger partial charge on any atom is 0.325 e. The van der Waals surface area contributed by atoms with Crippen molar-refractivity contribution in [3.05, 3.63) is 34.7 Å². The molecule has 0 unspecified atom stereocenters. The third kappa shape index (κ3) is 6.61. The lowest BCUT2D eigenvalue weighted by atomic mass is 9.87. The van der Waals surface area contributed by atoms with Gasteiger partial charge in [-0.05, 0) is 75.5 Å². The Hall–Kier alpha value is -2.10. The minimum absolute atomic E-state index is 0. The number of fused-ring (bicyclic) bond motifs is 2. The Labute approximate surface area is 218 Å². The maximum absolute atomic E-state index is 12.9. The normalized spacial score (nSPS) is 18.4. The topological polar surface area (TPSA) is 108 Å². The van der Waals surface area contributed by atoms with Gasteiger partial charge in [0.15, 0.2) is 15.5 Å². The second-order valence-corrected chi connectivity index (χ2v) is 12.6. The fourth-order valence-electron chi connectivity index (χ4n) is 5.65. The first kappa shape index (κ1) is 26.9. The quantitative estimate of drug-likeness (QED) is 0.391. The van der Waals surface area contributed by atoms with Crippen molar-refractivity contribution < 1.29 is 13.2 Å². The molecule has 0 atom stereocenters. The summed E-state index contributed by atoms with van der Waals surface area (Å²) >= 11 is 0. The van der Waals surface area contributed by atoms with Crippen LogP contribution in [0.2, 0.25) is 0 Å². The molecule has 3 aromatic rings. The Morgan fingerprint density at radius 1 is 1.03 bits per heavy atom. The third-order valence-corrected chi connectivity index (χ3v) is 10.1. The molecule has 3 heterocycles. The number of nitrogens with one attached hydrogen (secondary N) is 2. The highest BCUT2D eigenvalue weighted by Gasteiger charge is 2.29. The van der Waals surface area contributed by atoms with Gasteiger partial charge in [-0.1, -0.05) is 32.1 Å². The van der Waals surface area contributed by atoms with Crippen LogP contribution in [0.3, 0.4) is 0 Å². The van der Waals surface area contributed by atoms with Gasteiger partial charge in [-0.15, -0.1) is 12.4 Å². The molecule has 2 aliphatic rings. The van der Waals surface area contributed by atoms with E-state index in [1.807, 2.05) is 24.3 Å². The van der Waals surface area contributed by atoms with Gasteiger partial charge in [0.05, 0.1) is 28.6 Å². The Balaban J connectivity index is 0.00000304. The third-order valence-electron chi connectivity index (χ3n) is 7.73. The Kier molecular flexibility index (Phi) is 8.96. The summed E-state index contributed by atoms with van der Waals surface area (Å²) in [7, 11) is -3.11.